The normalized spacial score (nSPS) is 11.2. The summed E-state index contributed by atoms with van der Waals surface area (Å²) in [7, 11) is 0. The number of hydrogen-bond acceptors (Lipinski definition) is 2. The van der Waals surface area contributed by atoms with Crippen LogP contribution in [0, 0.1) is 5.82 Å². The molecule has 0 heterocycles. The zero-order valence-electron chi connectivity index (χ0n) is 16.2. The van der Waals surface area contributed by atoms with Gasteiger partial charge < -0.3 is 5.11 Å². The van der Waals surface area contributed by atoms with Crippen LogP contribution >= 0.6 is 0 Å². The fraction of sp³-hybridized carbons (Fsp3) is 0.160. The molecule has 0 aliphatic heterocycles. The second-order valence-corrected chi connectivity index (χ2v) is 6.97. The summed E-state index contributed by atoms with van der Waals surface area (Å²) < 4.78 is 13.5. The van der Waals surface area contributed by atoms with E-state index in [1.807, 2.05) is 53.4 Å². The molecule has 0 atom stereocenters. The predicted octanol–water partition coefficient (Wildman–Crippen LogP) is 5.47. The highest BCUT2D eigenvalue weighted by Gasteiger charge is 2.10. The predicted molar refractivity (Wildman–Crippen MR) is 115 cm³/mol. The Labute approximate surface area is 170 Å². The zero-order chi connectivity index (χ0) is 20.5. The smallest absolute Gasteiger partial charge is 0.304 e. The molecule has 0 bridgehead atoms. The average molecular weight is 389 g/mol. The van der Waals surface area contributed by atoms with Crippen LogP contribution in [0.15, 0.2) is 78.9 Å². The first kappa shape index (κ1) is 20.5. The van der Waals surface area contributed by atoms with Crippen molar-refractivity contribution >= 4 is 18.1 Å². The van der Waals surface area contributed by atoms with Gasteiger partial charge in [0.2, 0.25) is 0 Å². The zero-order valence-corrected chi connectivity index (χ0v) is 16.2. The summed E-state index contributed by atoms with van der Waals surface area (Å²) in [6.07, 6.45) is 4.18. The molecule has 0 aliphatic carbocycles. The Bertz CT molecular complexity index is 952. The number of carbonyl (C=O) groups is 1. The van der Waals surface area contributed by atoms with Gasteiger partial charge >= 0.3 is 5.97 Å². The third-order valence-electron chi connectivity index (χ3n) is 4.59. The summed E-state index contributed by atoms with van der Waals surface area (Å²) in [5.74, 6) is -1.12. The van der Waals surface area contributed by atoms with Crippen molar-refractivity contribution < 1.29 is 14.3 Å². The van der Waals surface area contributed by atoms with E-state index in [-0.39, 0.29) is 12.2 Å². The number of rotatable bonds is 9. The van der Waals surface area contributed by atoms with Crippen molar-refractivity contribution in [1.29, 1.82) is 0 Å². The van der Waals surface area contributed by atoms with Gasteiger partial charge in [0.05, 0.1) is 6.42 Å². The minimum atomic E-state index is -0.837. The van der Waals surface area contributed by atoms with Crippen LogP contribution in [0.3, 0.4) is 0 Å². The molecule has 148 valence electrons. The maximum atomic E-state index is 13.5. The van der Waals surface area contributed by atoms with Crippen LogP contribution < -0.4 is 0 Å². The molecule has 1 N–H and O–H groups in total. The number of carboxylic acid groups (broad SMARTS) is 1. The van der Waals surface area contributed by atoms with Gasteiger partial charge in [-0.2, -0.15) is 0 Å². The lowest BCUT2D eigenvalue weighted by Gasteiger charge is -2.22. The molecular weight excluding hydrogens is 365 g/mol. The quantitative estimate of drug-likeness (QED) is 0.493. The lowest BCUT2D eigenvalue weighted by molar-refractivity contribution is -0.137. The first-order chi connectivity index (χ1) is 14.1. The van der Waals surface area contributed by atoms with Crippen LogP contribution in [0.1, 0.15) is 28.7 Å². The second kappa shape index (κ2) is 10.3. The van der Waals surface area contributed by atoms with E-state index in [0.717, 1.165) is 22.3 Å². The molecule has 0 fully saturated rings. The number of carboxylic acids is 1. The van der Waals surface area contributed by atoms with Gasteiger partial charge in [-0.3, -0.25) is 9.69 Å². The molecule has 0 aromatic heterocycles. The average Bonchev–Trinajstić information content (AvgIpc) is 2.72. The minimum Gasteiger partial charge on any atom is -0.481 e. The summed E-state index contributed by atoms with van der Waals surface area (Å²) >= 11 is 0. The van der Waals surface area contributed by atoms with Crippen molar-refractivity contribution in [3.63, 3.8) is 0 Å². The van der Waals surface area contributed by atoms with Crippen LogP contribution in [-0.4, -0.2) is 22.5 Å². The number of aliphatic carboxylic acids is 1. The SMILES string of the molecule is O=C(O)CCN(Cc1ccc(C=Cc2ccccc2)cc1)Cc1cccc(F)c1. The molecule has 0 saturated carbocycles. The Hall–Kier alpha value is -3.24. The Balaban J connectivity index is 1.66. The van der Waals surface area contributed by atoms with Crippen molar-refractivity contribution in [3.05, 3.63) is 107 Å². The van der Waals surface area contributed by atoms with Crippen molar-refractivity contribution in [1.82, 2.24) is 4.90 Å². The summed E-state index contributed by atoms with van der Waals surface area (Å²) in [6.45, 7) is 1.51. The molecule has 0 amide bonds. The monoisotopic (exact) mass is 389 g/mol. The first-order valence-corrected chi connectivity index (χ1v) is 9.59. The lowest BCUT2D eigenvalue weighted by Crippen LogP contribution is -2.25. The summed E-state index contributed by atoms with van der Waals surface area (Å²) in [5, 5.41) is 9.03. The van der Waals surface area contributed by atoms with Crippen LogP contribution in [0.2, 0.25) is 0 Å². The van der Waals surface area contributed by atoms with Crippen LogP contribution in [0.25, 0.3) is 12.2 Å². The second-order valence-electron chi connectivity index (χ2n) is 6.97. The fourth-order valence-corrected chi connectivity index (χ4v) is 3.11. The van der Waals surface area contributed by atoms with Gasteiger partial charge in [-0.05, 0) is 34.4 Å². The maximum absolute atomic E-state index is 13.5. The molecule has 4 heteroatoms. The Kier molecular flexibility index (Phi) is 7.31. The topological polar surface area (TPSA) is 40.5 Å². The van der Waals surface area contributed by atoms with Gasteiger partial charge in [-0.25, -0.2) is 4.39 Å². The molecule has 3 aromatic carbocycles. The Morgan fingerprint density at radius 3 is 2.14 bits per heavy atom. The van der Waals surface area contributed by atoms with Gasteiger partial charge in [-0.1, -0.05) is 78.9 Å². The van der Waals surface area contributed by atoms with Crippen LogP contribution in [-0.2, 0) is 17.9 Å². The van der Waals surface area contributed by atoms with Gasteiger partial charge in [0, 0.05) is 19.6 Å². The lowest BCUT2D eigenvalue weighted by atomic mass is 10.1. The molecular formula is C25H24FNO2. The molecule has 0 saturated heterocycles. The molecule has 3 rings (SSSR count). The third kappa shape index (κ3) is 7.01. The largest absolute Gasteiger partial charge is 0.481 e. The van der Waals surface area contributed by atoms with E-state index < -0.39 is 5.97 Å². The summed E-state index contributed by atoms with van der Waals surface area (Å²) in [6, 6.07) is 24.7. The van der Waals surface area contributed by atoms with Crippen molar-refractivity contribution in [2.24, 2.45) is 0 Å². The number of benzene rings is 3. The maximum Gasteiger partial charge on any atom is 0.304 e. The van der Waals surface area contributed by atoms with E-state index in [0.29, 0.717) is 19.6 Å². The highest BCUT2D eigenvalue weighted by Crippen LogP contribution is 2.14. The Morgan fingerprint density at radius 2 is 1.48 bits per heavy atom. The number of hydrogen-bond donors (Lipinski definition) is 1. The van der Waals surface area contributed by atoms with E-state index in [9.17, 15) is 9.18 Å². The van der Waals surface area contributed by atoms with E-state index in [4.69, 9.17) is 5.11 Å². The van der Waals surface area contributed by atoms with Gasteiger partial charge in [-0.15, -0.1) is 0 Å². The van der Waals surface area contributed by atoms with Crippen LogP contribution in [0.5, 0.6) is 0 Å². The molecule has 3 nitrogen and oxygen atoms in total. The third-order valence-corrected chi connectivity index (χ3v) is 4.59. The highest BCUT2D eigenvalue weighted by atomic mass is 19.1. The minimum absolute atomic E-state index is 0.0488. The summed E-state index contributed by atoms with van der Waals surface area (Å²) in [4.78, 5) is 13.0. The van der Waals surface area contributed by atoms with Gasteiger partial charge in [0.1, 0.15) is 5.82 Å². The standard InChI is InChI=1S/C25H24FNO2/c26-24-8-4-7-23(17-24)19-27(16-15-25(28)29)18-22-13-11-21(12-14-22)10-9-20-5-2-1-3-6-20/h1-14,17H,15-16,18-19H2,(H,28,29). The van der Waals surface area contributed by atoms with E-state index >= 15 is 0 Å². The number of halogens is 1. The van der Waals surface area contributed by atoms with Crippen molar-refractivity contribution in [2.45, 2.75) is 19.5 Å². The Morgan fingerprint density at radius 1 is 0.828 bits per heavy atom. The van der Waals surface area contributed by atoms with Gasteiger partial charge in [0.25, 0.3) is 0 Å². The van der Waals surface area contributed by atoms with E-state index in [1.54, 1.807) is 6.07 Å². The summed E-state index contributed by atoms with van der Waals surface area (Å²) in [5.41, 5.74) is 4.16. The number of nitrogens with zero attached hydrogens (tertiary/aromatic N) is 1. The molecule has 0 spiro atoms. The van der Waals surface area contributed by atoms with E-state index in [1.165, 1.54) is 12.1 Å². The molecule has 3 aromatic rings. The van der Waals surface area contributed by atoms with Crippen molar-refractivity contribution in [2.75, 3.05) is 6.54 Å². The highest BCUT2D eigenvalue weighted by molar-refractivity contribution is 5.69. The fourth-order valence-electron chi connectivity index (χ4n) is 3.11. The van der Waals surface area contributed by atoms with E-state index in [2.05, 4.69) is 24.3 Å². The molecule has 0 radical (unpaired) electrons. The molecule has 0 unspecified atom stereocenters. The first-order valence-electron chi connectivity index (χ1n) is 9.59. The van der Waals surface area contributed by atoms with Crippen LogP contribution in [0.4, 0.5) is 4.39 Å². The molecule has 0 aliphatic rings. The van der Waals surface area contributed by atoms with Gasteiger partial charge in [0.15, 0.2) is 0 Å². The molecule has 29 heavy (non-hydrogen) atoms. The van der Waals surface area contributed by atoms with Crippen molar-refractivity contribution in [3.8, 4) is 0 Å².